The highest BCUT2D eigenvalue weighted by molar-refractivity contribution is 7.80. The van der Waals surface area contributed by atoms with Crippen molar-refractivity contribution >= 4 is 23.1 Å². The molecule has 0 aliphatic rings. The normalized spacial score (nSPS) is 10.6. The number of ether oxygens (including phenoxy) is 2. The molecule has 0 amide bonds. The summed E-state index contributed by atoms with van der Waals surface area (Å²) in [5.74, 6) is 1.35. The molecule has 4 heteroatoms. The lowest BCUT2D eigenvalue weighted by Gasteiger charge is -2.17. The first-order valence-electron chi connectivity index (χ1n) is 8.64. The van der Waals surface area contributed by atoms with Crippen LogP contribution >= 0.6 is 12.2 Å². The molecule has 0 aromatic heterocycles. The monoisotopic (exact) mass is 357 g/mol. The van der Waals surface area contributed by atoms with Gasteiger partial charge in [-0.3, -0.25) is 0 Å². The summed E-state index contributed by atoms with van der Waals surface area (Å²) in [4.78, 5) is 0. The molecule has 2 rings (SSSR count). The molecule has 0 fully saturated rings. The smallest absolute Gasteiger partial charge is 0.260 e. The maximum atomic E-state index is 6.05. The lowest BCUT2D eigenvalue weighted by Crippen LogP contribution is -2.13. The second-order valence-electron chi connectivity index (χ2n) is 6.43. The standard InChI is InChI=1S/C21H27NO2S/c1-6-16-7-10-20(15(4)11-16)24-13-18-9-8-17(14(2)3)12-19(18)22-21(25)23-5/h7-12,14H,6,13H2,1-5H3,(H,22,25). The molecule has 0 heterocycles. The molecular formula is C21H27NO2S. The zero-order valence-electron chi connectivity index (χ0n) is 15.7. The first kappa shape index (κ1) is 19.3. The van der Waals surface area contributed by atoms with E-state index in [9.17, 15) is 0 Å². The highest BCUT2D eigenvalue weighted by atomic mass is 32.1. The fraction of sp³-hybridized carbons (Fsp3) is 0.381. The van der Waals surface area contributed by atoms with Gasteiger partial charge in [-0.05, 0) is 60.3 Å². The Kier molecular flexibility index (Phi) is 6.82. The van der Waals surface area contributed by atoms with Crippen molar-refractivity contribution in [2.45, 2.75) is 46.6 Å². The van der Waals surface area contributed by atoms with Gasteiger partial charge in [0, 0.05) is 11.3 Å². The van der Waals surface area contributed by atoms with Crippen LogP contribution in [0, 0.1) is 6.92 Å². The van der Waals surface area contributed by atoms with E-state index in [2.05, 4.69) is 63.3 Å². The Morgan fingerprint density at radius 3 is 2.52 bits per heavy atom. The van der Waals surface area contributed by atoms with Crippen LogP contribution in [0.5, 0.6) is 5.75 Å². The van der Waals surface area contributed by atoms with E-state index in [1.807, 2.05) is 6.07 Å². The van der Waals surface area contributed by atoms with Gasteiger partial charge in [0.1, 0.15) is 12.4 Å². The predicted molar refractivity (Wildman–Crippen MR) is 109 cm³/mol. The Bertz CT molecular complexity index is 741. The van der Waals surface area contributed by atoms with Crippen molar-refractivity contribution in [3.63, 3.8) is 0 Å². The van der Waals surface area contributed by atoms with Gasteiger partial charge in [-0.1, -0.05) is 45.0 Å². The van der Waals surface area contributed by atoms with Crippen molar-refractivity contribution in [1.82, 2.24) is 0 Å². The van der Waals surface area contributed by atoms with Crippen molar-refractivity contribution in [3.8, 4) is 5.75 Å². The molecule has 3 nitrogen and oxygen atoms in total. The number of hydrogen-bond donors (Lipinski definition) is 1. The van der Waals surface area contributed by atoms with Crippen LogP contribution < -0.4 is 10.1 Å². The molecule has 134 valence electrons. The molecule has 2 aromatic rings. The molecule has 0 unspecified atom stereocenters. The van der Waals surface area contributed by atoms with Gasteiger partial charge in [0.25, 0.3) is 5.17 Å². The Labute approximate surface area is 156 Å². The summed E-state index contributed by atoms with van der Waals surface area (Å²) in [6.45, 7) is 9.04. The summed E-state index contributed by atoms with van der Waals surface area (Å²) in [6, 6.07) is 12.7. The molecule has 0 atom stereocenters. The topological polar surface area (TPSA) is 30.5 Å². The van der Waals surface area contributed by atoms with E-state index in [1.165, 1.54) is 11.1 Å². The van der Waals surface area contributed by atoms with E-state index < -0.39 is 0 Å². The first-order chi connectivity index (χ1) is 11.9. The molecule has 1 N–H and O–H groups in total. The predicted octanol–water partition coefficient (Wildman–Crippen LogP) is 5.60. The van der Waals surface area contributed by atoms with Crippen molar-refractivity contribution in [3.05, 3.63) is 58.7 Å². The van der Waals surface area contributed by atoms with Crippen molar-refractivity contribution < 1.29 is 9.47 Å². The number of nitrogens with one attached hydrogen (secondary N) is 1. The Morgan fingerprint density at radius 1 is 1.16 bits per heavy atom. The fourth-order valence-corrected chi connectivity index (χ4v) is 2.72. The Morgan fingerprint density at radius 2 is 1.92 bits per heavy atom. The number of hydrogen-bond acceptors (Lipinski definition) is 3. The number of thiocarbonyl (C=S) groups is 1. The molecule has 0 spiro atoms. The van der Waals surface area contributed by atoms with Crippen LogP contribution in [-0.4, -0.2) is 12.3 Å². The van der Waals surface area contributed by atoms with Crippen molar-refractivity contribution in [2.75, 3.05) is 12.4 Å². The molecule has 0 saturated carbocycles. The van der Waals surface area contributed by atoms with Crippen LogP contribution in [0.1, 0.15) is 48.9 Å². The van der Waals surface area contributed by atoms with Crippen LogP contribution in [0.15, 0.2) is 36.4 Å². The molecule has 0 aliphatic heterocycles. The molecule has 0 bridgehead atoms. The Balaban J connectivity index is 2.21. The average molecular weight is 358 g/mol. The lowest BCUT2D eigenvalue weighted by molar-refractivity contribution is 0.304. The maximum absolute atomic E-state index is 6.05. The fourth-order valence-electron chi connectivity index (χ4n) is 2.61. The number of methoxy groups -OCH3 is 1. The van der Waals surface area contributed by atoms with Crippen LogP contribution in [0.3, 0.4) is 0 Å². The van der Waals surface area contributed by atoms with Crippen LogP contribution in [-0.2, 0) is 17.8 Å². The van der Waals surface area contributed by atoms with E-state index >= 15 is 0 Å². The van der Waals surface area contributed by atoms with Gasteiger partial charge in [-0.2, -0.15) is 0 Å². The lowest BCUT2D eigenvalue weighted by atomic mass is 10.0. The number of rotatable bonds is 6. The summed E-state index contributed by atoms with van der Waals surface area (Å²) in [6.07, 6.45) is 1.03. The van der Waals surface area contributed by atoms with Gasteiger partial charge in [0.2, 0.25) is 0 Å². The van der Waals surface area contributed by atoms with E-state index in [0.717, 1.165) is 29.0 Å². The summed E-state index contributed by atoms with van der Waals surface area (Å²) in [7, 11) is 1.57. The van der Waals surface area contributed by atoms with Gasteiger partial charge < -0.3 is 14.8 Å². The minimum absolute atomic E-state index is 0.352. The highest BCUT2D eigenvalue weighted by Gasteiger charge is 2.10. The van der Waals surface area contributed by atoms with E-state index in [0.29, 0.717) is 17.7 Å². The maximum Gasteiger partial charge on any atom is 0.260 e. The quantitative estimate of drug-likeness (QED) is 0.681. The number of anilines is 1. The molecule has 2 aromatic carbocycles. The largest absolute Gasteiger partial charge is 0.489 e. The zero-order valence-corrected chi connectivity index (χ0v) is 16.5. The second-order valence-corrected chi connectivity index (χ2v) is 6.80. The van der Waals surface area contributed by atoms with Crippen molar-refractivity contribution in [1.29, 1.82) is 0 Å². The third-order valence-electron chi connectivity index (χ3n) is 4.25. The number of aryl methyl sites for hydroxylation is 2. The summed E-state index contributed by atoms with van der Waals surface area (Å²) in [5, 5.41) is 3.51. The van der Waals surface area contributed by atoms with E-state index in [-0.39, 0.29) is 0 Å². The third-order valence-corrected chi connectivity index (χ3v) is 4.52. The zero-order chi connectivity index (χ0) is 18.4. The van der Waals surface area contributed by atoms with Crippen molar-refractivity contribution in [2.24, 2.45) is 0 Å². The molecule has 0 aliphatic carbocycles. The Hall–Kier alpha value is -2.07. The van der Waals surface area contributed by atoms with Crippen LogP contribution in [0.2, 0.25) is 0 Å². The molecular weight excluding hydrogens is 330 g/mol. The van der Waals surface area contributed by atoms with Gasteiger partial charge in [0.15, 0.2) is 0 Å². The van der Waals surface area contributed by atoms with Gasteiger partial charge in [-0.25, -0.2) is 0 Å². The van der Waals surface area contributed by atoms with E-state index in [1.54, 1.807) is 7.11 Å². The first-order valence-corrected chi connectivity index (χ1v) is 9.05. The molecule has 0 radical (unpaired) electrons. The minimum atomic E-state index is 0.352. The van der Waals surface area contributed by atoms with Gasteiger partial charge in [-0.15, -0.1) is 0 Å². The SMILES string of the molecule is CCc1ccc(OCc2ccc(C(C)C)cc2NC(=S)OC)c(C)c1. The summed E-state index contributed by atoms with van der Waals surface area (Å²) < 4.78 is 11.2. The highest BCUT2D eigenvalue weighted by Crippen LogP contribution is 2.26. The molecule has 0 saturated heterocycles. The third kappa shape index (κ3) is 5.20. The van der Waals surface area contributed by atoms with E-state index in [4.69, 9.17) is 21.7 Å². The second kappa shape index (κ2) is 8.86. The number of benzene rings is 2. The van der Waals surface area contributed by atoms with Gasteiger partial charge >= 0.3 is 0 Å². The molecule has 25 heavy (non-hydrogen) atoms. The van der Waals surface area contributed by atoms with Crippen LogP contribution in [0.4, 0.5) is 5.69 Å². The van der Waals surface area contributed by atoms with Gasteiger partial charge in [0.05, 0.1) is 7.11 Å². The minimum Gasteiger partial charge on any atom is -0.489 e. The summed E-state index contributed by atoms with van der Waals surface area (Å²) >= 11 is 5.16. The van der Waals surface area contributed by atoms with Crippen LogP contribution in [0.25, 0.3) is 0 Å². The summed E-state index contributed by atoms with van der Waals surface area (Å²) in [5.41, 5.74) is 5.69. The average Bonchev–Trinajstić information content (AvgIpc) is 2.61.